The predicted molar refractivity (Wildman–Crippen MR) is 136 cm³/mol. The number of carbonyl (C=O) groups excluding carboxylic acids is 1. The Morgan fingerprint density at radius 3 is 2.68 bits per heavy atom. The Balaban J connectivity index is 1.34. The third-order valence-electron chi connectivity index (χ3n) is 6.08. The molecule has 0 saturated carbocycles. The molecule has 0 radical (unpaired) electrons. The maximum atomic E-state index is 12.9. The van der Waals surface area contributed by atoms with E-state index in [1.165, 1.54) is 25.3 Å². The minimum absolute atomic E-state index is 0.264. The quantitative estimate of drug-likeness (QED) is 0.341. The van der Waals surface area contributed by atoms with E-state index >= 15 is 0 Å². The van der Waals surface area contributed by atoms with Gasteiger partial charge in [-0.2, -0.15) is 0 Å². The third-order valence-corrected chi connectivity index (χ3v) is 7.01. The van der Waals surface area contributed by atoms with Gasteiger partial charge in [0.25, 0.3) is 5.91 Å². The number of thiazole rings is 1. The predicted octanol–water partition coefficient (Wildman–Crippen LogP) is 3.90. The molecule has 0 spiro atoms. The highest BCUT2D eigenvalue weighted by Crippen LogP contribution is 2.34. The molecule has 1 aliphatic heterocycles. The van der Waals surface area contributed by atoms with E-state index in [2.05, 4.69) is 30.2 Å². The summed E-state index contributed by atoms with van der Waals surface area (Å²) in [5, 5.41) is 6.49. The fourth-order valence-corrected chi connectivity index (χ4v) is 5.06. The smallest absolute Gasteiger partial charge is 0.496 e. The Kier molecular flexibility index (Phi) is 7.27. The first-order valence-corrected chi connectivity index (χ1v) is 12.6. The third kappa shape index (κ3) is 5.76. The number of fused-ring (bicyclic) bond motifs is 2. The summed E-state index contributed by atoms with van der Waals surface area (Å²) in [4.78, 5) is 24.2. The number of rotatable bonds is 8. The van der Waals surface area contributed by atoms with Gasteiger partial charge in [-0.1, -0.05) is 11.3 Å². The average molecular weight is 551 g/mol. The average Bonchev–Trinajstić information content (AvgIpc) is 3.42. The van der Waals surface area contributed by atoms with Crippen LogP contribution in [0.5, 0.6) is 11.5 Å². The molecule has 4 aromatic rings. The second-order valence-electron chi connectivity index (χ2n) is 8.57. The maximum absolute atomic E-state index is 12.9. The lowest BCUT2D eigenvalue weighted by Gasteiger charge is -2.26. The lowest BCUT2D eigenvalue weighted by Crippen LogP contribution is -2.41. The zero-order chi connectivity index (χ0) is 26.9. The monoisotopic (exact) mass is 550 g/mol. The van der Waals surface area contributed by atoms with Crippen molar-refractivity contribution in [2.75, 3.05) is 51.8 Å². The van der Waals surface area contributed by atoms with Crippen molar-refractivity contribution in [3.05, 3.63) is 35.9 Å². The van der Waals surface area contributed by atoms with Crippen LogP contribution < -0.4 is 20.1 Å². The van der Waals surface area contributed by atoms with Gasteiger partial charge in [0.15, 0.2) is 5.13 Å². The van der Waals surface area contributed by atoms with Gasteiger partial charge in [0.05, 0.1) is 47.1 Å². The minimum atomic E-state index is -4.77. The molecule has 2 aromatic heterocycles. The van der Waals surface area contributed by atoms with Crippen molar-refractivity contribution in [3.63, 3.8) is 0 Å². The number of carbonyl (C=O) groups is 1. The molecular weight excluding hydrogens is 525 g/mol. The number of aryl methyl sites for hydroxylation is 1. The fraction of sp³-hybridized carbons (Fsp3) is 0.375. The van der Waals surface area contributed by atoms with Gasteiger partial charge in [0, 0.05) is 45.4 Å². The van der Waals surface area contributed by atoms with Crippen LogP contribution in [0.4, 0.5) is 24.3 Å². The molecule has 1 fully saturated rings. The topological polar surface area (TPSA) is 103 Å². The van der Waals surface area contributed by atoms with Gasteiger partial charge in [0.2, 0.25) is 5.95 Å². The van der Waals surface area contributed by atoms with Crippen LogP contribution in [0.1, 0.15) is 10.4 Å². The zero-order valence-electron chi connectivity index (χ0n) is 20.6. The van der Waals surface area contributed by atoms with E-state index in [0.717, 1.165) is 36.5 Å². The van der Waals surface area contributed by atoms with Crippen LogP contribution >= 0.6 is 11.3 Å². The number of amides is 1. The first-order valence-electron chi connectivity index (χ1n) is 11.8. The van der Waals surface area contributed by atoms with E-state index in [4.69, 9.17) is 9.47 Å². The largest absolute Gasteiger partial charge is 0.573 e. The number of benzene rings is 2. The summed E-state index contributed by atoms with van der Waals surface area (Å²) in [6, 6.07) is 7.37. The number of nitrogens with one attached hydrogen (secondary N) is 2. The van der Waals surface area contributed by atoms with Gasteiger partial charge in [-0.15, -0.1) is 13.2 Å². The van der Waals surface area contributed by atoms with Gasteiger partial charge < -0.3 is 29.4 Å². The molecule has 1 amide bonds. The molecule has 1 saturated heterocycles. The molecule has 14 heteroatoms. The highest BCUT2D eigenvalue weighted by Gasteiger charge is 2.31. The van der Waals surface area contributed by atoms with Crippen molar-refractivity contribution in [2.24, 2.45) is 7.05 Å². The summed E-state index contributed by atoms with van der Waals surface area (Å²) >= 11 is 1.16. The summed E-state index contributed by atoms with van der Waals surface area (Å²) < 4.78 is 54.8. The van der Waals surface area contributed by atoms with Crippen LogP contribution in [0, 0.1) is 0 Å². The van der Waals surface area contributed by atoms with Crippen LogP contribution in [0.25, 0.3) is 21.3 Å². The van der Waals surface area contributed by atoms with Crippen molar-refractivity contribution >= 4 is 49.6 Å². The normalized spacial score (nSPS) is 14.7. The molecule has 1 aliphatic rings. The molecular formula is C24H25F3N6O4S. The van der Waals surface area contributed by atoms with Gasteiger partial charge in [-0.05, 0) is 18.2 Å². The molecule has 202 valence electrons. The number of morpholine rings is 1. The van der Waals surface area contributed by atoms with E-state index in [9.17, 15) is 18.0 Å². The Morgan fingerprint density at radius 2 is 1.95 bits per heavy atom. The molecule has 0 unspecified atom stereocenters. The van der Waals surface area contributed by atoms with Crippen LogP contribution in [-0.4, -0.2) is 78.2 Å². The van der Waals surface area contributed by atoms with Crippen molar-refractivity contribution < 1.29 is 32.2 Å². The SMILES string of the molecule is COc1cc2c(cc1C(=O)NCCN1CCOCC1)nc(Nc1nc3ccc(OC(F)(F)F)cc3s1)n2C. The van der Waals surface area contributed by atoms with Gasteiger partial charge in [-0.3, -0.25) is 9.69 Å². The molecule has 38 heavy (non-hydrogen) atoms. The number of imidazole rings is 1. The number of hydrogen-bond acceptors (Lipinski definition) is 9. The van der Waals surface area contributed by atoms with Crippen molar-refractivity contribution in [1.29, 1.82) is 0 Å². The Bertz CT molecular complexity index is 1470. The fourth-order valence-electron chi connectivity index (χ4n) is 4.18. The van der Waals surface area contributed by atoms with Gasteiger partial charge in [-0.25, -0.2) is 9.97 Å². The standard InChI is InChI=1S/C24H25F3N6O4S/c1-32-18-13-19(35-2)15(21(34)28-5-6-33-7-9-36-10-8-33)12-17(18)29-22(32)31-23-30-16-4-3-14(11-20(16)38-23)37-24(25,26)27/h3-4,11-13H,5-10H2,1-2H3,(H,28,34)(H,29,30,31). The molecule has 0 aliphatic carbocycles. The first kappa shape index (κ1) is 26.0. The van der Waals surface area contributed by atoms with E-state index in [1.807, 2.05) is 0 Å². The van der Waals surface area contributed by atoms with Crippen LogP contribution in [0.3, 0.4) is 0 Å². The number of halogens is 3. The summed E-state index contributed by atoms with van der Waals surface area (Å²) in [7, 11) is 3.29. The summed E-state index contributed by atoms with van der Waals surface area (Å²) in [6.07, 6.45) is -4.77. The van der Waals surface area contributed by atoms with Crippen molar-refractivity contribution in [3.8, 4) is 11.5 Å². The number of nitrogens with zero attached hydrogens (tertiary/aromatic N) is 4. The summed E-state index contributed by atoms with van der Waals surface area (Å²) in [5.74, 6) is 0.275. The minimum Gasteiger partial charge on any atom is -0.496 e. The molecule has 0 atom stereocenters. The first-order chi connectivity index (χ1) is 18.2. The lowest BCUT2D eigenvalue weighted by atomic mass is 10.1. The maximum Gasteiger partial charge on any atom is 0.573 e. The summed E-state index contributed by atoms with van der Waals surface area (Å²) in [5.41, 5.74) is 2.17. The van der Waals surface area contributed by atoms with E-state index in [1.54, 1.807) is 23.7 Å². The van der Waals surface area contributed by atoms with E-state index in [-0.39, 0.29) is 11.7 Å². The highest BCUT2D eigenvalue weighted by molar-refractivity contribution is 7.22. The molecule has 0 bridgehead atoms. The van der Waals surface area contributed by atoms with Gasteiger partial charge >= 0.3 is 6.36 Å². The van der Waals surface area contributed by atoms with Gasteiger partial charge in [0.1, 0.15) is 11.5 Å². The number of hydrogen-bond donors (Lipinski definition) is 2. The number of anilines is 2. The molecule has 3 heterocycles. The molecule has 2 N–H and O–H groups in total. The van der Waals surface area contributed by atoms with Crippen LogP contribution in [-0.2, 0) is 11.8 Å². The van der Waals surface area contributed by atoms with E-state index < -0.39 is 6.36 Å². The van der Waals surface area contributed by atoms with E-state index in [0.29, 0.717) is 57.9 Å². The molecule has 10 nitrogen and oxygen atoms in total. The second-order valence-corrected chi connectivity index (χ2v) is 9.60. The Hall–Kier alpha value is -3.62. The molecule has 2 aromatic carbocycles. The Labute approximate surface area is 219 Å². The zero-order valence-corrected chi connectivity index (χ0v) is 21.4. The Morgan fingerprint density at radius 1 is 1.16 bits per heavy atom. The summed E-state index contributed by atoms with van der Waals surface area (Å²) in [6.45, 7) is 4.28. The van der Waals surface area contributed by atoms with Crippen molar-refractivity contribution in [1.82, 2.24) is 24.8 Å². The number of ether oxygens (including phenoxy) is 3. The number of methoxy groups -OCH3 is 1. The molecule has 5 rings (SSSR count). The highest BCUT2D eigenvalue weighted by atomic mass is 32.1. The number of aromatic nitrogens is 3. The number of alkyl halides is 3. The second kappa shape index (κ2) is 10.6. The lowest BCUT2D eigenvalue weighted by molar-refractivity contribution is -0.274. The van der Waals surface area contributed by atoms with Crippen molar-refractivity contribution in [2.45, 2.75) is 6.36 Å². The van der Waals surface area contributed by atoms with Crippen LogP contribution in [0.2, 0.25) is 0 Å². The van der Waals surface area contributed by atoms with Crippen LogP contribution in [0.15, 0.2) is 30.3 Å².